The van der Waals surface area contributed by atoms with Gasteiger partial charge in [-0.15, -0.1) is 11.3 Å². The Bertz CT molecular complexity index is 686. The number of alkyl carbamates (subject to hydrolysis) is 1. The number of carbonyl (C=O) groups is 1. The summed E-state index contributed by atoms with van der Waals surface area (Å²) in [4.78, 5) is 16.0. The summed E-state index contributed by atoms with van der Waals surface area (Å²) in [7, 11) is 1.64. The number of hydrogen-bond acceptors (Lipinski definition) is 5. The van der Waals surface area contributed by atoms with E-state index < -0.39 is 11.7 Å². The van der Waals surface area contributed by atoms with Crippen LogP contribution in [0, 0.1) is 0 Å². The molecule has 1 aromatic heterocycles. The minimum absolute atomic E-state index is 0.397. The van der Waals surface area contributed by atoms with Gasteiger partial charge in [0.2, 0.25) is 0 Å². The van der Waals surface area contributed by atoms with Gasteiger partial charge in [0.25, 0.3) is 0 Å². The van der Waals surface area contributed by atoms with Gasteiger partial charge in [-0.05, 0) is 45.0 Å². The van der Waals surface area contributed by atoms with Crippen LogP contribution in [0.3, 0.4) is 0 Å². The summed E-state index contributed by atoms with van der Waals surface area (Å²) in [6, 6.07) is 5.78. The van der Waals surface area contributed by atoms with Crippen LogP contribution in [0.25, 0.3) is 16.3 Å². The fourth-order valence-electron chi connectivity index (χ4n) is 1.74. The summed E-state index contributed by atoms with van der Waals surface area (Å²) in [5.41, 5.74) is 0.449. The van der Waals surface area contributed by atoms with Crippen LogP contribution < -0.4 is 10.1 Å². The summed E-state index contributed by atoms with van der Waals surface area (Å²) in [6.45, 7) is 5.89. The minimum atomic E-state index is -0.486. The van der Waals surface area contributed by atoms with Crippen LogP contribution in [-0.4, -0.2) is 30.3 Å². The number of rotatable bonds is 4. The predicted molar refractivity (Wildman–Crippen MR) is 89.4 cm³/mol. The smallest absolute Gasteiger partial charge is 0.407 e. The van der Waals surface area contributed by atoms with Crippen molar-refractivity contribution in [3.63, 3.8) is 0 Å². The first kappa shape index (κ1) is 16.3. The first-order valence-corrected chi connectivity index (χ1v) is 7.77. The molecule has 22 heavy (non-hydrogen) atoms. The highest BCUT2D eigenvalue weighted by Gasteiger charge is 2.14. The molecule has 0 atom stereocenters. The molecule has 118 valence electrons. The quantitative estimate of drug-likeness (QED) is 0.929. The second-order valence-corrected chi connectivity index (χ2v) is 6.73. The van der Waals surface area contributed by atoms with Crippen molar-refractivity contribution in [3.8, 4) is 5.75 Å². The van der Waals surface area contributed by atoms with Crippen LogP contribution in [0.15, 0.2) is 24.3 Å². The Labute approximate surface area is 134 Å². The van der Waals surface area contributed by atoms with E-state index in [9.17, 15) is 4.79 Å². The zero-order valence-corrected chi connectivity index (χ0v) is 14.0. The van der Waals surface area contributed by atoms with Crippen molar-refractivity contribution in [2.45, 2.75) is 26.4 Å². The fraction of sp³-hybridized carbons (Fsp3) is 0.375. The molecule has 6 heteroatoms. The van der Waals surface area contributed by atoms with E-state index in [1.807, 2.05) is 51.1 Å². The topological polar surface area (TPSA) is 60.5 Å². The molecule has 2 aromatic rings. The number of amides is 1. The molecule has 5 nitrogen and oxygen atoms in total. The first-order valence-electron chi connectivity index (χ1n) is 6.95. The maximum Gasteiger partial charge on any atom is 0.407 e. The summed E-state index contributed by atoms with van der Waals surface area (Å²) < 4.78 is 11.4. The Hall–Kier alpha value is -2.08. The molecule has 0 aliphatic heterocycles. The Balaban J connectivity index is 1.92. The van der Waals surface area contributed by atoms with Crippen molar-refractivity contribution in [2.75, 3.05) is 13.7 Å². The zero-order valence-electron chi connectivity index (χ0n) is 13.2. The van der Waals surface area contributed by atoms with Crippen LogP contribution in [0.1, 0.15) is 25.8 Å². The van der Waals surface area contributed by atoms with E-state index in [1.54, 1.807) is 18.4 Å². The molecule has 0 fully saturated rings. The standard InChI is InChI=1S/C16H20N2O3S/c1-16(2,3)21-15(19)17-9-5-6-14-18-12-8-7-11(20-4)10-13(12)22-14/h5-8,10H,9H2,1-4H3,(H,17,19). The number of methoxy groups -OCH3 is 1. The Morgan fingerprint density at radius 1 is 1.41 bits per heavy atom. The highest BCUT2D eigenvalue weighted by molar-refractivity contribution is 7.19. The second kappa shape index (κ2) is 6.79. The van der Waals surface area contributed by atoms with Gasteiger partial charge < -0.3 is 14.8 Å². The van der Waals surface area contributed by atoms with Gasteiger partial charge >= 0.3 is 6.09 Å². The van der Waals surface area contributed by atoms with Crippen molar-refractivity contribution >= 4 is 33.7 Å². The third-order valence-corrected chi connectivity index (χ3v) is 3.62. The second-order valence-electron chi connectivity index (χ2n) is 5.67. The molecule has 2 rings (SSSR count). The lowest BCUT2D eigenvalue weighted by molar-refractivity contribution is 0.0534. The molecule has 0 spiro atoms. The highest BCUT2D eigenvalue weighted by atomic mass is 32.1. The van der Waals surface area contributed by atoms with Crippen molar-refractivity contribution in [3.05, 3.63) is 29.3 Å². The monoisotopic (exact) mass is 320 g/mol. The number of benzene rings is 1. The van der Waals surface area contributed by atoms with Gasteiger partial charge in [-0.3, -0.25) is 0 Å². The van der Waals surface area contributed by atoms with Crippen molar-refractivity contribution in [1.29, 1.82) is 0 Å². The molecule has 0 saturated carbocycles. The van der Waals surface area contributed by atoms with Crippen molar-refractivity contribution in [2.24, 2.45) is 0 Å². The lowest BCUT2D eigenvalue weighted by Gasteiger charge is -2.19. The molecule has 0 saturated heterocycles. The SMILES string of the molecule is COc1ccc2nc(C=CCNC(=O)OC(C)(C)C)sc2c1. The predicted octanol–water partition coefficient (Wildman–Crippen LogP) is 3.84. The lowest BCUT2D eigenvalue weighted by Crippen LogP contribution is -2.32. The third kappa shape index (κ3) is 4.73. The van der Waals surface area contributed by atoms with E-state index in [-0.39, 0.29) is 0 Å². The number of ether oxygens (including phenoxy) is 2. The minimum Gasteiger partial charge on any atom is -0.497 e. The molecule has 0 aliphatic rings. The molecule has 1 amide bonds. The molecule has 1 N–H and O–H groups in total. The van der Waals surface area contributed by atoms with E-state index >= 15 is 0 Å². The average molecular weight is 320 g/mol. The Kier molecular flexibility index (Phi) is 5.03. The number of fused-ring (bicyclic) bond motifs is 1. The van der Waals surface area contributed by atoms with Gasteiger partial charge in [-0.2, -0.15) is 0 Å². The van der Waals surface area contributed by atoms with Crippen LogP contribution in [-0.2, 0) is 4.74 Å². The summed E-state index contributed by atoms with van der Waals surface area (Å²) in [6.07, 6.45) is 3.30. The van der Waals surface area contributed by atoms with Gasteiger partial charge in [0.05, 0.1) is 17.3 Å². The number of thiazole rings is 1. The van der Waals surface area contributed by atoms with E-state index in [0.29, 0.717) is 6.54 Å². The average Bonchev–Trinajstić information content (AvgIpc) is 2.83. The molecule has 0 aliphatic carbocycles. The zero-order chi connectivity index (χ0) is 16.2. The molecular formula is C16H20N2O3S. The number of hydrogen-bond donors (Lipinski definition) is 1. The normalized spacial score (nSPS) is 11.8. The van der Waals surface area contributed by atoms with E-state index in [1.165, 1.54) is 0 Å². The van der Waals surface area contributed by atoms with Crippen LogP contribution in [0.4, 0.5) is 4.79 Å². The van der Waals surface area contributed by atoms with E-state index in [0.717, 1.165) is 21.0 Å². The molecule has 0 radical (unpaired) electrons. The Morgan fingerprint density at radius 3 is 2.86 bits per heavy atom. The first-order chi connectivity index (χ1) is 10.4. The van der Waals surface area contributed by atoms with E-state index in [4.69, 9.17) is 9.47 Å². The molecule has 1 heterocycles. The Morgan fingerprint density at radius 2 is 2.18 bits per heavy atom. The highest BCUT2D eigenvalue weighted by Crippen LogP contribution is 2.26. The molecular weight excluding hydrogens is 300 g/mol. The molecule has 0 bridgehead atoms. The largest absolute Gasteiger partial charge is 0.497 e. The van der Waals surface area contributed by atoms with Gasteiger partial charge in [0, 0.05) is 6.54 Å². The molecule has 0 unspecified atom stereocenters. The van der Waals surface area contributed by atoms with E-state index in [2.05, 4.69) is 10.3 Å². The van der Waals surface area contributed by atoms with Crippen molar-refractivity contribution < 1.29 is 14.3 Å². The van der Waals surface area contributed by atoms with Crippen LogP contribution in [0.5, 0.6) is 5.75 Å². The molecule has 1 aromatic carbocycles. The summed E-state index contributed by atoms with van der Waals surface area (Å²) in [5, 5.41) is 3.55. The lowest BCUT2D eigenvalue weighted by atomic mass is 10.2. The summed E-state index contributed by atoms with van der Waals surface area (Å²) >= 11 is 1.57. The van der Waals surface area contributed by atoms with Crippen molar-refractivity contribution in [1.82, 2.24) is 10.3 Å². The number of nitrogens with zero attached hydrogens (tertiary/aromatic N) is 1. The van der Waals surface area contributed by atoms with Crippen LogP contribution in [0.2, 0.25) is 0 Å². The maximum atomic E-state index is 11.5. The number of carbonyl (C=O) groups excluding carboxylic acids is 1. The third-order valence-electron chi connectivity index (χ3n) is 2.64. The fourth-order valence-corrected chi connectivity index (χ4v) is 2.66. The number of nitrogens with one attached hydrogen (secondary N) is 1. The van der Waals surface area contributed by atoms with Gasteiger partial charge in [0.15, 0.2) is 0 Å². The van der Waals surface area contributed by atoms with Gasteiger partial charge in [-0.25, -0.2) is 9.78 Å². The van der Waals surface area contributed by atoms with Crippen LogP contribution >= 0.6 is 11.3 Å². The van der Waals surface area contributed by atoms with Gasteiger partial charge in [-0.1, -0.05) is 6.08 Å². The summed E-state index contributed by atoms with van der Waals surface area (Å²) in [5.74, 6) is 0.818. The maximum absolute atomic E-state index is 11.5. The number of aromatic nitrogens is 1. The van der Waals surface area contributed by atoms with Gasteiger partial charge in [0.1, 0.15) is 16.4 Å².